The van der Waals surface area contributed by atoms with Crippen molar-refractivity contribution in [2.45, 2.75) is 57.0 Å². The maximum absolute atomic E-state index is 14.1. The Hall–Kier alpha value is -3.29. The third-order valence-corrected chi connectivity index (χ3v) is 11.8. The first-order valence-corrected chi connectivity index (χ1v) is 18.5. The number of hydrogen-bond acceptors (Lipinski definition) is 6. The molecule has 1 atom stereocenters. The normalized spacial score (nSPS) is 19.4. The Morgan fingerprint density at radius 3 is 2.17 bits per heavy atom. The van der Waals surface area contributed by atoms with Gasteiger partial charge in [-0.1, -0.05) is 12.1 Å². The number of imidazole rings is 1. The van der Waals surface area contributed by atoms with E-state index >= 15 is 0 Å². The van der Waals surface area contributed by atoms with Crippen molar-refractivity contribution in [1.82, 2.24) is 29.6 Å². The van der Waals surface area contributed by atoms with Crippen LogP contribution < -0.4 is 16.7 Å². The number of hydrogen-bond donors (Lipinski definition) is 4. The van der Waals surface area contributed by atoms with Crippen molar-refractivity contribution in [1.29, 1.82) is 0 Å². The molecule has 48 heavy (non-hydrogen) atoms. The highest BCUT2D eigenvalue weighted by atomic mass is 79.9. The molecule has 3 aliphatic rings. The van der Waals surface area contributed by atoms with Gasteiger partial charge in [0.1, 0.15) is 11.8 Å². The van der Waals surface area contributed by atoms with Gasteiger partial charge in [-0.2, -0.15) is 0 Å². The second kappa shape index (κ2) is 15.1. The van der Waals surface area contributed by atoms with Crippen LogP contribution in [0.2, 0.25) is 0 Å². The first-order chi connectivity index (χ1) is 23.1. The minimum absolute atomic E-state index is 0.0567. The predicted molar refractivity (Wildman–Crippen MR) is 194 cm³/mol. The predicted octanol–water partition coefficient (Wildman–Crippen LogP) is 5.19. The lowest BCUT2D eigenvalue weighted by Crippen LogP contribution is -2.55. The van der Waals surface area contributed by atoms with E-state index in [1.807, 2.05) is 23.1 Å². The fourth-order valence-electron chi connectivity index (χ4n) is 7.70. The van der Waals surface area contributed by atoms with Crippen LogP contribution in [0.5, 0.6) is 5.75 Å². The molecule has 4 heterocycles. The second-order valence-corrected chi connectivity index (χ2v) is 15.3. The number of halogens is 2. The van der Waals surface area contributed by atoms with E-state index < -0.39 is 6.04 Å². The number of nitrogens with zero attached hydrogens (tertiary/aromatic N) is 4. The number of H-pyrrole nitrogens is 1. The summed E-state index contributed by atoms with van der Waals surface area (Å²) in [5.74, 6) is 1.43. The number of likely N-dealkylation sites (tertiary alicyclic amines) is 3. The van der Waals surface area contributed by atoms with Crippen molar-refractivity contribution < 1.29 is 14.7 Å². The number of piperidine rings is 3. The lowest BCUT2D eigenvalue weighted by molar-refractivity contribution is -0.135. The standard InChI is InChI=1S/C35H45Br2N7O4/c1-41-11-5-23(6-12-41)24-7-13-42(14-8-24)33(46)30(19-22-17-28(36)32(38)29(37)18-22)40-35(48)43-15-9-26(10-16-43)44-31(21-39-34(44)47)25-3-2-4-27(45)20-25/h2-4,17-18,20-21,23-24,26,30,45H,5-16,19,38H2,1H3,(H,39,47)(H,40,48)/t30-/m0/s1. The molecule has 3 amide bonds. The first kappa shape index (κ1) is 34.6. The van der Waals surface area contributed by atoms with Gasteiger partial charge in [-0.25, -0.2) is 9.59 Å². The molecule has 0 saturated carbocycles. The van der Waals surface area contributed by atoms with Crippen LogP contribution in [0, 0.1) is 11.8 Å². The van der Waals surface area contributed by atoms with E-state index in [2.05, 4.69) is 54.1 Å². The number of rotatable bonds is 7. The lowest BCUT2D eigenvalue weighted by Gasteiger charge is -2.40. The molecule has 0 bridgehead atoms. The molecule has 0 aliphatic carbocycles. The zero-order chi connectivity index (χ0) is 33.9. The molecule has 3 aliphatic heterocycles. The largest absolute Gasteiger partial charge is 0.508 e. The molecule has 258 valence electrons. The highest BCUT2D eigenvalue weighted by Gasteiger charge is 2.35. The van der Waals surface area contributed by atoms with E-state index in [0.717, 1.165) is 51.9 Å². The second-order valence-electron chi connectivity index (χ2n) is 13.6. The quantitative estimate of drug-likeness (QED) is 0.243. The number of nitrogens with one attached hydrogen (secondary N) is 2. The Morgan fingerprint density at radius 2 is 1.54 bits per heavy atom. The molecule has 2 aromatic carbocycles. The fraction of sp³-hybridized carbons (Fsp3) is 0.514. The van der Waals surface area contributed by atoms with E-state index in [1.54, 1.807) is 33.9 Å². The zero-order valence-corrected chi connectivity index (χ0v) is 30.5. The van der Waals surface area contributed by atoms with Crippen LogP contribution in [0.15, 0.2) is 56.3 Å². The Kier molecular flexibility index (Phi) is 10.9. The van der Waals surface area contributed by atoms with E-state index in [1.165, 1.54) is 12.8 Å². The highest BCUT2D eigenvalue weighted by molar-refractivity contribution is 9.11. The van der Waals surface area contributed by atoms with Crippen LogP contribution in [-0.4, -0.2) is 93.7 Å². The van der Waals surface area contributed by atoms with Gasteiger partial charge < -0.3 is 35.8 Å². The minimum Gasteiger partial charge on any atom is -0.508 e. The third-order valence-electron chi connectivity index (χ3n) is 10.5. The number of anilines is 1. The molecule has 3 aromatic rings. The van der Waals surface area contributed by atoms with Crippen molar-refractivity contribution in [2.75, 3.05) is 52.0 Å². The molecule has 3 saturated heterocycles. The monoisotopic (exact) mass is 785 g/mol. The lowest BCUT2D eigenvalue weighted by atomic mass is 9.79. The van der Waals surface area contributed by atoms with Crippen molar-refractivity contribution in [2.24, 2.45) is 11.8 Å². The van der Waals surface area contributed by atoms with Gasteiger partial charge in [-0.3, -0.25) is 9.36 Å². The number of phenols is 1. The van der Waals surface area contributed by atoms with E-state index in [-0.39, 0.29) is 29.4 Å². The average Bonchev–Trinajstić information content (AvgIpc) is 3.48. The summed E-state index contributed by atoms with van der Waals surface area (Å²) in [7, 11) is 2.18. The summed E-state index contributed by atoms with van der Waals surface area (Å²) < 4.78 is 3.19. The van der Waals surface area contributed by atoms with E-state index in [9.17, 15) is 19.5 Å². The molecule has 0 unspecified atom stereocenters. The van der Waals surface area contributed by atoms with Gasteiger partial charge in [0.15, 0.2) is 0 Å². The number of phenolic OH excluding ortho intramolecular Hbond substituents is 1. The van der Waals surface area contributed by atoms with Gasteiger partial charge in [0.05, 0.1) is 11.4 Å². The number of aromatic nitrogens is 2. The van der Waals surface area contributed by atoms with Crippen molar-refractivity contribution >= 4 is 49.5 Å². The molecule has 6 rings (SSSR count). The van der Waals surface area contributed by atoms with Gasteiger partial charge in [-0.05, 0) is 132 Å². The molecule has 11 nitrogen and oxygen atoms in total. The van der Waals surface area contributed by atoms with Crippen LogP contribution in [0.25, 0.3) is 11.3 Å². The molecule has 3 fully saturated rings. The summed E-state index contributed by atoms with van der Waals surface area (Å²) in [5.41, 5.74) is 8.83. The minimum atomic E-state index is -0.734. The van der Waals surface area contributed by atoms with Gasteiger partial charge in [0, 0.05) is 59.3 Å². The smallest absolute Gasteiger partial charge is 0.326 e. The summed E-state index contributed by atoms with van der Waals surface area (Å²) in [4.78, 5) is 49.5. The molecule has 13 heteroatoms. The first-order valence-electron chi connectivity index (χ1n) is 16.9. The molecular formula is C35H45Br2N7O4. The number of aromatic amines is 1. The highest BCUT2D eigenvalue weighted by Crippen LogP contribution is 2.34. The summed E-state index contributed by atoms with van der Waals surface area (Å²) in [5, 5.41) is 13.1. The maximum atomic E-state index is 14.1. The van der Waals surface area contributed by atoms with Gasteiger partial charge in [-0.15, -0.1) is 0 Å². The van der Waals surface area contributed by atoms with Crippen LogP contribution >= 0.6 is 31.9 Å². The van der Waals surface area contributed by atoms with Gasteiger partial charge in [0.2, 0.25) is 5.91 Å². The van der Waals surface area contributed by atoms with Crippen LogP contribution in [-0.2, 0) is 11.2 Å². The summed E-state index contributed by atoms with van der Waals surface area (Å²) >= 11 is 7.05. The summed E-state index contributed by atoms with van der Waals surface area (Å²) in [6.07, 6.45) is 7.60. The van der Waals surface area contributed by atoms with Crippen LogP contribution in [0.1, 0.15) is 50.1 Å². The van der Waals surface area contributed by atoms with Crippen molar-refractivity contribution in [3.05, 3.63) is 67.6 Å². The Morgan fingerprint density at radius 1 is 0.938 bits per heavy atom. The number of nitrogen functional groups attached to an aromatic ring is 1. The number of urea groups is 1. The number of nitrogens with two attached hydrogens (primary N) is 1. The van der Waals surface area contributed by atoms with Gasteiger partial charge in [0.25, 0.3) is 0 Å². The van der Waals surface area contributed by atoms with Gasteiger partial charge >= 0.3 is 11.7 Å². The maximum Gasteiger partial charge on any atom is 0.326 e. The third kappa shape index (κ3) is 7.78. The molecule has 0 radical (unpaired) electrons. The molecule has 1 aromatic heterocycles. The molecule has 5 N–H and O–H groups in total. The topological polar surface area (TPSA) is 140 Å². The average molecular weight is 788 g/mol. The SMILES string of the molecule is CN1CCC(C2CCN(C(=O)[C@H](Cc3cc(Br)c(N)c(Br)c3)NC(=O)N3CCC(n4c(-c5cccc(O)c5)c[nH]c4=O)CC3)CC2)CC1. The van der Waals surface area contributed by atoms with Crippen molar-refractivity contribution in [3.8, 4) is 17.0 Å². The molecule has 0 spiro atoms. The number of benzene rings is 2. The summed E-state index contributed by atoms with van der Waals surface area (Å²) in [6, 6.07) is 9.51. The molecular weight excluding hydrogens is 742 g/mol. The number of carbonyl (C=O) groups excluding carboxylic acids is 2. The van der Waals surface area contributed by atoms with Crippen LogP contribution in [0.3, 0.4) is 0 Å². The Bertz CT molecular complexity index is 1650. The Balaban J connectivity index is 1.12. The van der Waals surface area contributed by atoms with E-state index in [0.29, 0.717) is 62.7 Å². The van der Waals surface area contributed by atoms with Crippen molar-refractivity contribution in [3.63, 3.8) is 0 Å². The fourth-order valence-corrected chi connectivity index (χ4v) is 8.98. The van der Waals surface area contributed by atoms with E-state index in [4.69, 9.17) is 5.73 Å². The van der Waals surface area contributed by atoms with Crippen LogP contribution in [0.4, 0.5) is 10.5 Å². The zero-order valence-electron chi connectivity index (χ0n) is 27.3. The Labute approximate surface area is 298 Å². The number of aromatic hydroxyl groups is 1. The summed E-state index contributed by atoms with van der Waals surface area (Å²) in [6.45, 7) is 4.57. The number of amides is 3. The number of carbonyl (C=O) groups is 2.